The van der Waals surface area contributed by atoms with Crippen LogP contribution in [0, 0.1) is 0 Å². The van der Waals surface area contributed by atoms with Crippen LogP contribution >= 0.6 is 0 Å². The Kier molecular flexibility index (Phi) is 7.73. The molecular formula is C16H26N2O2. The second-order valence-electron chi connectivity index (χ2n) is 5.02. The van der Waals surface area contributed by atoms with Gasteiger partial charge in [-0.3, -0.25) is 4.79 Å². The van der Waals surface area contributed by atoms with Crippen molar-refractivity contribution >= 4 is 11.6 Å². The van der Waals surface area contributed by atoms with E-state index in [1.54, 1.807) is 4.90 Å². The highest BCUT2D eigenvalue weighted by molar-refractivity contribution is 5.94. The quantitative estimate of drug-likeness (QED) is 0.683. The summed E-state index contributed by atoms with van der Waals surface area (Å²) in [4.78, 5) is 13.9. The average Bonchev–Trinajstić information content (AvgIpc) is 2.49. The van der Waals surface area contributed by atoms with Gasteiger partial charge in [-0.25, -0.2) is 0 Å². The van der Waals surface area contributed by atoms with E-state index in [2.05, 4.69) is 12.2 Å². The van der Waals surface area contributed by atoms with Gasteiger partial charge in [0.25, 0.3) is 5.91 Å². The zero-order valence-corrected chi connectivity index (χ0v) is 12.6. The van der Waals surface area contributed by atoms with Gasteiger partial charge in [0.05, 0.1) is 0 Å². The number of benzene rings is 1. The van der Waals surface area contributed by atoms with Gasteiger partial charge in [-0.2, -0.15) is 0 Å². The van der Waals surface area contributed by atoms with Crippen LogP contribution in [0.25, 0.3) is 0 Å². The summed E-state index contributed by atoms with van der Waals surface area (Å²) in [6.07, 6.45) is 3.77. The van der Waals surface area contributed by atoms with Crippen molar-refractivity contribution in [2.45, 2.75) is 32.6 Å². The Morgan fingerprint density at radius 2 is 1.90 bits per heavy atom. The number of unbranched alkanes of at least 4 members (excludes halogenated alkanes) is 2. The maximum Gasteiger partial charge on any atom is 0.253 e. The standard InChI is InChI=1S/C16H26N2O2/c1-3-11-17-15-9-7-14(8-10-15)16(20)18(2)12-5-4-6-13-19/h7-10,17,19H,3-6,11-13H2,1-2H3. The number of aliphatic hydroxyl groups excluding tert-OH is 1. The zero-order chi connectivity index (χ0) is 14.8. The lowest BCUT2D eigenvalue weighted by molar-refractivity contribution is 0.0792. The van der Waals surface area contributed by atoms with Crippen LogP contribution in [0.4, 0.5) is 5.69 Å². The number of anilines is 1. The summed E-state index contributed by atoms with van der Waals surface area (Å²) in [5.41, 5.74) is 1.77. The van der Waals surface area contributed by atoms with Gasteiger partial charge in [-0.1, -0.05) is 6.92 Å². The molecule has 1 rings (SSSR count). The first-order chi connectivity index (χ1) is 9.69. The number of amides is 1. The molecule has 0 radical (unpaired) electrons. The fraction of sp³-hybridized carbons (Fsp3) is 0.562. The van der Waals surface area contributed by atoms with Crippen molar-refractivity contribution in [3.05, 3.63) is 29.8 Å². The number of carbonyl (C=O) groups is 1. The summed E-state index contributed by atoms with van der Waals surface area (Å²) >= 11 is 0. The van der Waals surface area contributed by atoms with Gasteiger partial charge in [-0.05, 0) is 49.9 Å². The van der Waals surface area contributed by atoms with E-state index in [0.29, 0.717) is 0 Å². The van der Waals surface area contributed by atoms with Crippen molar-refractivity contribution in [2.24, 2.45) is 0 Å². The number of rotatable bonds is 9. The molecule has 0 spiro atoms. The fourth-order valence-corrected chi connectivity index (χ4v) is 1.96. The monoisotopic (exact) mass is 278 g/mol. The Balaban J connectivity index is 2.45. The molecule has 0 unspecified atom stereocenters. The lowest BCUT2D eigenvalue weighted by atomic mass is 10.1. The first kappa shape index (κ1) is 16.5. The Hall–Kier alpha value is -1.55. The van der Waals surface area contributed by atoms with Crippen molar-refractivity contribution in [3.63, 3.8) is 0 Å². The normalized spacial score (nSPS) is 10.3. The van der Waals surface area contributed by atoms with Crippen molar-refractivity contribution in [3.8, 4) is 0 Å². The van der Waals surface area contributed by atoms with E-state index in [-0.39, 0.29) is 12.5 Å². The van der Waals surface area contributed by atoms with E-state index >= 15 is 0 Å². The third kappa shape index (κ3) is 5.61. The minimum Gasteiger partial charge on any atom is -0.396 e. The molecule has 0 atom stereocenters. The lowest BCUT2D eigenvalue weighted by Crippen LogP contribution is -2.27. The van der Waals surface area contributed by atoms with Gasteiger partial charge in [0, 0.05) is 38.0 Å². The molecule has 2 N–H and O–H groups in total. The van der Waals surface area contributed by atoms with E-state index in [4.69, 9.17) is 5.11 Å². The molecule has 4 heteroatoms. The maximum absolute atomic E-state index is 12.2. The van der Waals surface area contributed by atoms with Crippen LogP contribution < -0.4 is 5.32 Å². The first-order valence-electron chi connectivity index (χ1n) is 7.39. The van der Waals surface area contributed by atoms with Crippen molar-refractivity contribution in [2.75, 3.05) is 32.1 Å². The Labute approximate surface area is 121 Å². The Morgan fingerprint density at radius 1 is 1.20 bits per heavy atom. The zero-order valence-electron chi connectivity index (χ0n) is 12.6. The molecule has 1 aromatic rings. The summed E-state index contributed by atoms with van der Waals surface area (Å²) in [6, 6.07) is 7.63. The maximum atomic E-state index is 12.2. The highest BCUT2D eigenvalue weighted by Crippen LogP contribution is 2.11. The Morgan fingerprint density at radius 3 is 2.50 bits per heavy atom. The minimum atomic E-state index is 0.0519. The molecule has 0 aliphatic rings. The Bertz CT molecular complexity index is 390. The van der Waals surface area contributed by atoms with Crippen molar-refractivity contribution in [1.82, 2.24) is 4.90 Å². The molecule has 0 bridgehead atoms. The molecule has 1 aromatic carbocycles. The van der Waals surface area contributed by atoms with Gasteiger partial charge < -0.3 is 15.3 Å². The second kappa shape index (κ2) is 9.37. The summed E-state index contributed by atoms with van der Waals surface area (Å²) in [5.74, 6) is 0.0519. The molecule has 0 aromatic heterocycles. The van der Waals surface area contributed by atoms with Crippen LogP contribution in [-0.4, -0.2) is 42.7 Å². The first-order valence-corrected chi connectivity index (χ1v) is 7.39. The highest BCUT2D eigenvalue weighted by Gasteiger charge is 2.10. The van der Waals surface area contributed by atoms with E-state index < -0.39 is 0 Å². The SMILES string of the molecule is CCCNc1ccc(C(=O)N(C)CCCCCO)cc1. The van der Waals surface area contributed by atoms with Crippen LogP contribution in [0.1, 0.15) is 43.0 Å². The molecule has 1 amide bonds. The van der Waals surface area contributed by atoms with Crippen molar-refractivity contribution < 1.29 is 9.90 Å². The molecule has 4 nitrogen and oxygen atoms in total. The average molecular weight is 278 g/mol. The molecule has 112 valence electrons. The number of hydrogen-bond acceptors (Lipinski definition) is 3. The molecule has 0 aliphatic carbocycles. The molecular weight excluding hydrogens is 252 g/mol. The number of nitrogens with one attached hydrogen (secondary N) is 1. The molecule has 0 aliphatic heterocycles. The largest absolute Gasteiger partial charge is 0.396 e. The third-order valence-electron chi connectivity index (χ3n) is 3.21. The summed E-state index contributed by atoms with van der Waals surface area (Å²) in [5, 5.41) is 12.0. The van der Waals surface area contributed by atoms with Crippen LogP contribution in [0.15, 0.2) is 24.3 Å². The highest BCUT2D eigenvalue weighted by atomic mass is 16.2. The van der Waals surface area contributed by atoms with Crippen molar-refractivity contribution in [1.29, 1.82) is 0 Å². The van der Waals surface area contributed by atoms with Crippen LogP contribution in [0.3, 0.4) is 0 Å². The number of hydrogen-bond donors (Lipinski definition) is 2. The fourth-order valence-electron chi connectivity index (χ4n) is 1.96. The number of aliphatic hydroxyl groups is 1. The van der Waals surface area contributed by atoms with Gasteiger partial charge in [0.15, 0.2) is 0 Å². The van der Waals surface area contributed by atoms with Gasteiger partial charge in [0.2, 0.25) is 0 Å². The predicted octanol–water partition coefficient (Wildman–Crippen LogP) is 2.74. The summed E-state index contributed by atoms with van der Waals surface area (Å²) < 4.78 is 0. The van der Waals surface area contributed by atoms with E-state index in [9.17, 15) is 4.79 Å². The van der Waals surface area contributed by atoms with Gasteiger partial charge in [0.1, 0.15) is 0 Å². The topological polar surface area (TPSA) is 52.6 Å². The third-order valence-corrected chi connectivity index (χ3v) is 3.21. The lowest BCUT2D eigenvalue weighted by Gasteiger charge is -2.17. The van der Waals surface area contributed by atoms with E-state index in [1.807, 2.05) is 31.3 Å². The number of nitrogens with zero attached hydrogens (tertiary/aromatic N) is 1. The summed E-state index contributed by atoms with van der Waals surface area (Å²) in [7, 11) is 1.82. The molecule has 0 saturated carbocycles. The second-order valence-corrected chi connectivity index (χ2v) is 5.02. The molecule has 0 fully saturated rings. The smallest absolute Gasteiger partial charge is 0.253 e. The van der Waals surface area contributed by atoms with Crippen LogP contribution in [0.5, 0.6) is 0 Å². The molecule has 0 saturated heterocycles. The number of carbonyl (C=O) groups excluding carboxylic acids is 1. The van der Waals surface area contributed by atoms with Gasteiger partial charge >= 0.3 is 0 Å². The molecule has 0 heterocycles. The van der Waals surface area contributed by atoms with E-state index in [0.717, 1.165) is 50.0 Å². The molecule has 20 heavy (non-hydrogen) atoms. The van der Waals surface area contributed by atoms with E-state index in [1.165, 1.54) is 0 Å². The minimum absolute atomic E-state index is 0.0519. The summed E-state index contributed by atoms with van der Waals surface area (Å²) in [6.45, 7) is 4.02. The van der Waals surface area contributed by atoms with Crippen LogP contribution in [-0.2, 0) is 0 Å². The predicted molar refractivity (Wildman–Crippen MR) is 83.1 cm³/mol. The van der Waals surface area contributed by atoms with Gasteiger partial charge in [-0.15, -0.1) is 0 Å². The van der Waals surface area contributed by atoms with Crippen LogP contribution in [0.2, 0.25) is 0 Å².